The molecule has 2 aliphatic rings. The summed E-state index contributed by atoms with van der Waals surface area (Å²) in [4.78, 5) is 2.46. The van der Waals surface area contributed by atoms with Crippen LogP contribution in [0.3, 0.4) is 0 Å². The van der Waals surface area contributed by atoms with Crippen molar-refractivity contribution in [3.8, 4) is 5.75 Å². The molecule has 0 N–H and O–H groups in total. The molecule has 3 rings (SSSR count). The van der Waals surface area contributed by atoms with Gasteiger partial charge in [-0.3, -0.25) is 4.90 Å². The van der Waals surface area contributed by atoms with Crippen LogP contribution >= 0.6 is 0 Å². The van der Waals surface area contributed by atoms with Crippen molar-refractivity contribution >= 4 is 10.1 Å². The van der Waals surface area contributed by atoms with Crippen molar-refractivity contribution < 1.29 is 25.8 Å². The van der Waals surface area contributed by atoms with Gasteiger partial charge in [0.1, 0.15) is 5.75 Å². The van der Waals surface area contributed by atoms with Crippen LogP contribution in [0.2, 0.25) is 0 Å². The molecular weight excluding hydrogens is 355 g/mol. The average molecular weight is 377 g/mol. The summed E-state index contributed by atoms with van der Waals surface area (Å²) >= 11 is 0. The predicted molar refractivity (Wildman–Crippen MR) is 88.0 cm³/mol. The molecule has 2 atom stereocenters. The lowest BCUT2D eigenvalue weighted by Crippen LogP contribution is -2.46. The molecule has 1 aromatic carbocycles. The molecule has 1 aliphatic heterocycles. The van der Waals surface area contributed by atoms with Gasteiger partial charge in [-0.15, -0.1) is 0 Å². The number of rotatable bonds is 4. The molecule has 0 unspecified atom stereocenters. The number of alkyl halides is 3. The van der Waals surface area contributed by atoms with Crippen LogP contribution in [0.15, 0.2) is 18.2 Å². The number of halogens is 3. The van der Waals surface area contributed by atoms with E-state index in [4.69, 9.17) is 0 Å². The number of fused-ring (bicyclic) bond motifs is 3. The van der Waals surface area contributed by atoms with Gasteiger partial charge in [-0.2, -0.15) is 21.6 Å². The maximum atomic E-state index is 12.6. The minimum absolute atomic E-state index is 0.180. The Morgan fingerprint density at radius 1 is 1.28 bits per heavy atom. The summed E-state index contributed by atoms with van der Waals surface area (Å²) in [6.07, 6.45) is 4.40. The van der Waals surface area contributed by atoms with E-state index >= 15 is 0 Å². The zero-order valence-electron chi connectivity index (χ0n) is 14.1. The minimum atomic E-state index is -5.64. The third-order valence-electron chi connectivity index (χ3n) is 5.15. The first-order valence-electron chi connectivity index (χ1n) is 8.61. The van der Waals surface area contributed by atoms with Crippen LogP contribution in [0, 0.1) is 0 Å². The number of hydrogen-bond acceptors (Lipinski definition) is 4. The van der Waals surface area contributed by atoms with Gasteiger partial charge in [0.25, 0.3) is 0 Å². The molecule has 1 aliphatic carbocycles. The van der Waals surface area contributed by atoms with E-state index in [9.17, 15) is 21.6 Å². The van der Waals surface area contributed by atoms with Crippen LogP contribution in [0.5, 0.6) is 5.75 Å². The fourth-order valence-corrected chi connectivity index (χ4v) is 4.66. The molecule has 0 aromatic heterocycles. The molecular formula is C17H22F3NO3S. The average Bonchev–Trinajstić information content (AvgIpc) is 2.54. The molecule has 0 spiro atoms. The molecule has 1 aromatic rings. The lowest BCUT2D eigenvalue weighted by molar-refractivity contribution is -0.0500. The first kappa shape index (κ1) is 18.5. The van der Waals surface area contributed by atoms with Gasteiger partial charge in [0.2, 0.25) is 0 Å². The molecule has 140 valence electrons. The van der Waals surface area contributed by atoms with Gasteiger partial charge >= 0.3 is 15.6 Å². The highest BCUT2D eigenvalue weighted by Crippen LogP contribution is 2.44. The highest BCUT2D eigenvalue weighted by molar-refractivity contribution is 7.88. The summed E-state index contributed by atoms with van der Waals surface area (Å²) in [6, 6.07) is 5.17. The molecule has 1 heterocycles. The maximum absolute atomic E-state index is 12.6. The van der Waals surface area contributed by atoms with Crippen molar-refractivity contribution in [2.24, 2.45) is 0 Å². The van der Waals surface area contributed by atoms with Gasteiger partial charge in [0.15, 0.2) is 0 Å². The molecule has 4 nitrogen and oxygen atoms in total. The fraction of sp³-hybridized carbons (Fsp3) is 0.647. The Balaban J connectivity index is 1.92. The molecule has 8 heteroatoms. The first-order valence-corrected chi connectivity index (χ1v) is 10.0. The van der Waals surface area contributed by atoms with Crippen LogP contribution in [0.4, 0.5) is 13.2 Å². The Bertz CT molecular complexity index is 731. The van der Waals surface area contributed by atoms with Crippen molar-refractivity contribution in [3.63, 3.8) is 0 Å². The monoisotopic (exact) mass is 377 g/mol. The molecule has 1 fully saturated rings. The lowest BCUT2D eigenvalue weighted by Gasteiger charge is -2.45. The highest BCUT2D eigenvalue weighted by Gasteiger charge is 2.49. The van der Waals surface area contributed by atoms with E-state index in [1.165, 1.54) is 6.07 Å². The zero-order chi connectivity index (χ0) is 18.2. The van der Waals surface area contributed by atoms with Crippen molar-refractivity contribution in [2.75, 3.05) is 13.1 Å². The van der Waals surface area contributed by atoms with Crippen LogP contribution in [-0.4, -0.2) is 38.0 Å². The topological polar surface area (TPSA) is 46.6 Å². The Hall–Kier alpha value is -1.28. The van der Waals surface area contributed by atoms with Gasteiger partial charge < -0.3 is 4.18 Å². The van der Waals surface area contributed by atoms with Crippen LogP contribution in [0.25, 0.3) is 0 Å². The quantitative estimate of drug-likeness (QED) is 0.591. The van der Waals surface area contributed by atoms with E-state index in [-0.39, 0.29) is 11.7 Å². The van der Waals surface area contributed by atoms with E-state index in [0.29, 0.717) is 18.0 Å². The SMILES string of the molecule is CCCN1CCC[C@@H]2c3cccc(OS(=O)(=O)C(F)(F)F)c3CC[C@@H]21. The molecule has 0 amide bonds. The molecule has 0 saturated carbocycles. The largest absolute Gasteiger partial charge is 0.534 e. The van der Waals surface area contributed by atoms with Crippen molar-refractivity contribution in [3.05, 3.63) is 29.3 Å². The number of likely N-dealkylation sites (tertiary alicyclic amines) is 1. The Kier molecular flexibility index (Phi) is 5.03. The van der Waals surface area contributed by atoms with Crippen LogP contribution in [-0.2, 0) is 16.5 Å². The molecule has 0 bridgehead atoms. The summed E-state index contributed by atoms with van der Waals surface area (Å²) in [5.74, 6) is 0.0436. The maximum Gasteiger partial charge on any atom is 0.534 e. The minimum Gasteiger partial charge on any atom is -0.376 e. The Morgan fingerprint density at radius 2 is 2.04 bits per heavy atom. The van der Waals surface area contributed by atoms with Gasteiger partial charge in [-0.25, -0.2) is 0 Å². The van der Waals surface area contributed by atoms with Gasteiger partial charge in [0, 0.05) is 6.04 Å². The predicted octanol–water partition coefficient (Wildman–Crippen LogP) is 3.82. The standard InChI is InChI=1S/C17H22F3NO3S/c1-2-10-21-11-4-6-13-12-5-3-7-16(14(12)8-9-15(13)21)24-25(22,23)17(18,19)20/h3,5,7,13,15H,2,4,6,8-11H2,1H3/t13-,15+/m1/s1. The highest BCUT2D eigenvalue weighted by atomic mass is 32.2. The summed E-state index contributed by atoms with van der Waals surface area (Å²) in [6.45, 7) is 4.19. The molecule has 25 heavy (non-hydrogen) atoms. The third kappa shape index (κ3) is 3.51. The second kappa shape index (κ2) is 6.79. The van der Waals surface area contributed by atoms with Crippen LogP contribution in [0.1, 0.15) is 49.7 Å². The summed E-state index contributed by atoms with van der Waals surface area (Å²) in [5.41, 5.74) is -3.88. The van der Waals surface area contributed by atoms with E-state index in [0.717, 1.165) is 44.3 Å². The summed E-state index contributed by atoms with van der Waals surface area (Å²) in [7, 11) is -5.64. The molecule has 0 radical (unpaired) electrons. The van der Waals surface area contributed by atoms with E-state index in [1.54, 1.807) is 6.07 Å². The van der Waals surface area contributed by atoms with E-state index in [1.807, 2.05) is 6.07 Å². The fourth-order valence-electron chi connectivity index (χ4n) is 4.17. The zero-order valence-corrected chi connectivity index (χ0v) is 14.9. The number of benzene rings is 1. The smallest absolute Gasteiger partial charge is 0.376 e. The van der Waals surface area contributed by atoms with Gasteiger partial charge in [-0.05, 0) is 68.3 Å². The van der Waals surface area contributed by atoms with Crippen LogP contribution < -0.4 is 4.18 Å². The number of nitrogens with zero attached hydrogens (tertiary/aromatic N) is 1. The van der Waals surface area contributed by atoms with Gasteiger partial charge in [-0.1, -0.05) is 19.1 Å². The number of hydrogen-bond donors (Lipinski definition) is 0. The normalized spacial score (nSPS) is 24.5. The lowest BCUT2D eigenvalue weighted by atomic mass is 9.74. The van der Waals surface area contributed by atoms with Crippen molar-refractivity contribution in [1.29, 1.82) is 0 Å². The Morgan fingerprint density at radius 3 is 2.72 bits per heavy atom. The second-order valence-electron chi connectivity index (χ2n) is 6.70. The summed E-state index contributed by atoms with van der Waals surface area (Å²) in [5, 5.41) is 0. The first-order chi connectivity index (χ1) is 11.7. The van der Waals surface area contributed by atoms with Crippen molar-refractivity contribution in [2.45, 2.75) is 56.5 Å². The van der Waals surface area contributed by atoms with Crippen molar-refractivity contribution in [1.82, 2.24) is 4.90 Å². The van der Waals surface area contributed by atoms with Gasteiger partial charge in [0.05, 0.1) is 0 Å². The Labute approximate surface area is 146 Å². The van der Waals surface area contributed by atoms with E-state index < -0.39 is 15.6 Å². The molecule has 1 saturated heterocycles. The number of piperidine rings is 1. The van der Waals surface area contributed by atoms with E-state index in [2.05, 4.69) is 16.0 Å². The summed E-state index contributed by atoms with van der Waals surface area (Å²) < 4.78 is 65.1. The second-order valence-corrected chi connectivity index (χ2v) is 8.24. The third-order valence-corrected chi connectivity index (χ3v) is 6.11.